The van der Waals surface area contributed by atoms with Gasteiger partial charge in [0.2, 0.25) is 17.7 Å². The minimum Gasteiger partial charge on any atom is -0.376 e. The predicted molar refractivity (Wildman–Crippen MR) is 164 cm³/mol. The van der Waals surface area contributed by atoms with Gasteiger partial charge in [-0.25, -0.2) is 0 Å². The lowest BCUT2D eigenvalue weighted by atomic mass is 9.70. The summed E-state index contributed by atoms with van der Waals surface area (Å²) in [5, 5.41) is 9.98. The summed E-state index contributed by atoms with van der Waals surface area (Å²) in [4.78, 5) is 57.3. The van der Waals surface area contributed by atoms with E-state index in [9.17, 15) is 19.2 Å². The number of benzene rings is 1. The number of hydrogen-bond acceptors (Lipinski definition) is 6. The van der Waals surface area contributed by atoms with Crippen LogP contribution in [0.4, 0.5) is 0 Å². The zero-order chi connectivity index (χ0) is 31.8. The van der Waals surface area contributed by atoms with Crippen LogP contribution in [0.2, 0.25) is 0 Å². The molecule has 5 rings (SSSR count). The summed E-state index contributed by atoms with van der Waals surface area (Å²) in [6.07, 6.45) is 3.60. The second-order valence-corrected chi connectivity index (χ2v) is 14.0. The van der Waals surface area contributed by atoms with Gasteiger partial charge in [0, 0.05) is 57.4 Å². The van der Waals surface area contributed by atoms with E-state index in [1.165, 1.54) is 7.05 Å². The van der Waals surface area contributed by atoms with Gasteiger partial charge in [-0.2, -0.15) is 5.10 Å². The van der Waals surface area contributed by atoms with Crippen molar-refractivity contribution in [1.29, 1.82) is 0 Å². The third kappa shape index (κ3) is 6.52. The van der Waals surface area contributed by atoms with E-state index in [1.807, 2.05) is 49.1 Å². The Morgan fingerprint density at radius 1 is 1.02 bits per heavy atom. The lowest BCUT2D eigenvalue weighted by molar-refractivity contribution is -0.152. The minimum absolute atomic E-state index is 0.00105. The fourth-order valence-electron chi connectivity index (χ4n) is 6.54. The molecule has 3 fully saturated rings. The average molecular weight is 607 g/mol. The molecule has 2 aromatic rings. The van der Waals surface area contributed by atoms with Gasteiger partial charge in [-0.3, -0.25) is 23.9 Å². The molecule has 2 N–H and O–H groups in total. The smallest absolute Gasteiger partial charge is 0.257 e. The second kappa shape index (κ2) is 12.3. The number of nitrogens with zero attached hydrogens (tertiary/aromatic N) is 4. The maximum absolute atomic E-state index is 14.0. The molecule has 4 atom stereocenters. The van der Waals surface area contributed by atoms with Crippen LogP contribution in [-0.2, 0) is 25.7 Å². The van der Waals surface area contributed by atoms with Crippen LogP contribution in [0.25, 0.3) is 0 Å². The highest BCUT2D eigenvalue weighted by atomic mass is 16.5. The van der Waals surface area contributed by atoms with Crippen molar-refractivity contribution >= 4 is 23.6 Å². The van der Waals surface area contributed by atoms with Crippen LogP contribution in [0.1, 0.15) is 57.0 Å². The summed E-state index contributed by atoms with van der Waals surface area (Å²) in [5.74, 6) is -1.07. The topological polar surface area (TPSA) is 126 Å². The first-order valence-electron chi connectivity index (χ1n) is 15.6. The van der Waals surface area contributed by atoms with Gasteiger partial charge >= 0.3 is 0 Å². The number of likely N-dealkylation sites (N-methyl/N-ethyl adjacent to an activating group) is 1. The van der Waals surface area contributed by atoms with Gasteiger partial charge in [-0.1, -0.05) is 58.0 Å². The molecule has 0 bridgehead atoms. The number of rotatable bonds is 11. The molecule has 2 aliphatic heterocycles. The Morgan fingerprint density at radius 2 is 1.68 bits per heavy atom. The van der Waals surface area contributed by atoms with Crippen molar-refractivity contribution in [3.63, 3.8) is 0 Å². The summed E-state index contributed by atoms with van der Waals surface area (Å²) in [5.41, 5.74) is 0.926. The van der Waals surface area contributed by atoms with Crippen molar-refractivity contribution < 1.29 is 23.9 Å². The Bertz CT molecular complexity index is 1380. The summed E-state index contributed by atoms with van der Waals surface area (Å²) in [6.45, 7) is 12.3. The second-order valence-electron chi connectivity index (χ2n) is 14.0. The van der Waals surface area contributed by atoms with Gasteiger partial charge in [0.25, 0.3) is 5.91 Å². The molecule has 0 radical (unpaired) electrons. The van der Waals surface area contributed by atoms with Crippen LogP contribution >= 0.6 is 0 Å². The standard InChI is InChI=1S/C33H46N6O5/c1-21(2)17-44-22(3)27(29(41)34-6)36-28(40)26-16-37(18-33(26)19-38(20-33)31(43)25-12-32(25,4)5)30(42)24-13-35-39(15-24)14-23-10-8-7-9-11-23/h7-11,13,15,21-22,25-27H,12,14,16-20H2,1-6H3,(H,34,41)(H,36,40)/t22-,25-,26+,27+/m1/s1. The maximum atomic E-state index is 14.0. The van der Waals surface area contributed by atoms with Crippen molar-refractivity contribution in [2.75, 3.05) is 39.8 Å². The molecular weight excluding hydrogens is 560 g/mol. The number of aromatic nitrogens is 2. The number of ether oxygens (including phenoxy) is 1. The van der Waals surface area contributed by atoms with Crippen LogP contribution in [0, 0.1) is 28.6 Å². The Balaban J connectivity index is 1.33. The zero-order valence-corrected chi connectivity index (χ0v) is 26.7. The highest BCUT2D eigenvalue weighted by Crippen LogP contribution is 2.54. The molecule has 1 aromatic carbocycles. The molecule has 11 nitrogen and oxygen atoms in total. The Morgan fingerprint density at radius 3 is 2.30 bits per heavy atom. The Kier molecular flexibility index (Phi) is 8.89. The SMILES string of the molecule is CNC(=O)[C@@H](NC(=O)[C@@H]1CN(C(=O)c2cnn(Cc3ccccc3)c2)CC12CN(C(=O)[C@H]1CC1(C)C)C2)[C@@H](C)OCC(C)C. The van der Waals surface area contributed by atoms with E-state index in [0.717, 1.165) is 12.0 Å². The number of amides is 4. The van der Waals surface area contributed by atoms with Gasteiger partial charge in [0.1, 0.15) is 6.04 Å². The van der Waals surface area contributed by atoms with Crippen molar-refractivity contribution in [1.82, 2.24) is 30.2 Å². The molecule has 1 aromatic heterocycles. The Hall–Kier alpha value is -3.73. The van der Waals surface area contributed by atoms with E-state index < -0.39 is 23.5 Å². The predicted octanol–water partition coefficient (Wildman–Crippen LogP) is 2.17. The summed E-state index contributed by atoms with van der Waals surface area (Å²) < 4.78 is 7.63. The fraction of sp³-hybridized carbons (Fsp3) is 0.606. The first kappa shape index (κ1) is 31.7. The Labute approximate surface area is 259 Å². The normalized spacial score (nSPS) is 22.8. The van der Waals surface area contributed by atoms with Gasteiger partial charge < -0.3 is 25.2 Å². The quantitative estimate of drug-likeness (QED) is 0.404. The van der Waals surface area contributed by atoms with Crippen molar-refractivity contribution in [3.8, 4) is 0 Å². The lowest BCUT2D eigenvalue weighted by Gasteiger charge is -2.50. The molecule has 2 saturated heterocycles. The van der Waals surface area contributed by atoms with Crippen LogP contribution < -0.4 is 10.6 Å². The molecule has 4 amide bonds. The highest BCUT2D eigenvalue weighted by molar-refractivity contribution is 5.95. The van der Waals surface area contributed by atoms with E-state index in [1.54, 1.807) is 28.9 Å². The van der Waals surface area contributed by atoms with E-state index >= 15 is 0 Å². The van der Waals surface area contributed by atoms with Gasteiger partial charge in [-0.05, 0) is 30.2 Å². The number of likely N-dealkylation sites (tertiary alicyclic amines) is 2. The van der Waals surface area contributed by atoms with Gasteiger partial charge in [0.05, 0.1) is 30.3 Å². The van der Waals surface area contributed by atoms with Crippen molar-refractivity contribution in [2.24, 2.45) is 28.6 Å². The lowest BCUT2D eigenvalue weighted by Crippen LogP contribution is -2.65. The van der Waals surface area contributed by atoms with E-state index in [-0.39, 0.29) is 47.4 Å². The monoisotopic (exact) mass is 606 g/mol. The molecule has 11 heteroatoms. The molecule has 0 unspecified atom stereocenters. The third-order valence-corrected chi connectivity index (χ3v) is 9.44. The van der Waals surface area contributed by atoms with E-state index in [2.05, 4.69) is 29.6 Å². The fourth-order valence-corrected chi connectivity index (χ4v) is 6.54. The number of carbonyl (C=O) groups is 4. The van der Waals surface area contributed by atoms with Crippen LogP contribution in [-0.4, -0.2) is 95.2 Å². The summed E-state index contributed by atoms with van der Waals surface area (Å²) >= 11 is 0. The summed E-state index contributed by atoms with van der Waals surface area (Å²) in [6, 6.07) is 8.99. The third-order valence-electron chi connectivity index (χ3n) is 9.44. The van der Waals surface area contributed by atoms with Crippen molar-refractivity contribution in [2.45, 2.75) is 59.7 Å². The first-order valence-corrected chi connectivity index (χ1v) is 15.6. The number of hydrogen-bond donors (Lipinski definition) is 2. The average Bonchev–Trinajstić information content (AvgIpc) is 3.30. The minimum atomic E-state index is -0.894. The molecule has 3 aliphatic rings. The first-order chi connectivity index (χ1) is 20.8. The van der Waals surface area contributed by atoms with E-state index in [4.69, 9.17) is 4.74 Å². The number of nitrogens with one attached hydrogen (secondary N) is 2. The molecule has 1 saturated carbocycles. The molecule has 238 valence electrons. The van der Waals surface area contributed by atoms with Crippen LogP contribution in [0.5, 0.6) is 0 Å². The molecule has 1 aliphatic carbocycles. The van der Waals surface area contributed by atoms with Crippen molar-refractivity contribution in [3.05, 3.63) is 53.9 Å². The molecule has 1 spiro atoms. The molecular formula is C33H46N6O5. The van der Waals surface area contributed by atoms with E-state index in [0.29, 0.717) is 38.3 Å². The van der Waals surface area contributed by atoms with Gasteiger partial charge in [-0.15, -0.1) is 0 Å². The van der Waals surface area contributed by atoms with Crippen LogP contribution in [0.3, 0.4) is 0 Å². The highest BCUT2D eigenvalue weighted by Gasteiger charge is 2.62. The zero-order valence-electron chi connectivity index (χ0n) is 26.7. The number of carbonyl (C=O) groups excluding carboxylic acids is 4. The van der Waals surface area contributed by atoms with Crippen LogP contribution in [0.15, 0.2) is 42.7 Å². The largest absolute Gasteiger partial charge is 0.376 e. The molecule has 3 heterocycles. The maximum Gasteiger partial charge on any atom is 0.257 e. The summed E-state index contributed by atoms with van der Waals surface area (Å²) in [7, 11) is 1.53. The molecule has 44 heavy (non-hydrogen) atoms. The van der Waals surface area contributed by atoms with Gasteiger partial charge in [0.15, 0.2) is 0 Å².